The first kappa shape index (κ1) is 19.1. The first-order valence-electron chi connectivity index (χ1n) is 9.50. The summed E-state index contributed by atoms with van der Waals surface area (Å²) in [6.45, 7) is 4.11. The number of hydrogen-bond acceptors (Lipinski definition) is 3. The Bertz CT molecular complexity index is 845. The standard InChI is InChI=1S/C22H28O3S/c1-3-5-15-22(4-2)16-26(24,25)19-14-10-9-13-18(19)20(21(22)23)17-11-7-6-8-12-17/h6-14,20-21,23H,3-5,15-16H2,1-2H3/t20-,21-,22+/m0/s1. The molecule has 0 unspecified atom stereocenters. The van der Waals surface area contributed by atoms with Crippen molar-refractivity contribution >= 4 is 9.84 Å². The minimum atomic E-state index is -3.46. The van der Waals surface area contributed by atoms with Gasteiger partial charge in [-0.05, 0) is 30.0 Å². The van der Waals surface area contributed by atoms with Crippen LogP contribution in [-0.2, 0) is 9.84 Å². The van der Waals surface area contributed by atoms with Gasteiger partial charge in [0.15, 0.2) is 9.84 Å². The lowest BCUT2D eigenvalue weighted by Gasteiger charge is -2.39. The third-order valence-electron chi connectivity index (χ3n) is 5.90. The number of unbranched alkanes of at least 4 members (excludes halogenated alkanes) is 1. The maximum absolute atomic E-state index is 13.2. The highest BCUT2D eigenvalue weighted by Crippen LogP contribution is 2.48. The molecule has 1 aliphatic heterocycles. The third kappa shape index (κ3) is 3.33. The van der Waals surface area contributed by atoms with Crippen LogP contribution in [0.1, 0.15) is 56.6 Å². The Morgan fingerprint density at radius 1 is 1.04 bits per heavy atom. The average molecular weight is 373 g/mol. The van der Waals surface area contributed by atoms with Crippen molar-refractivity contribution in [1.82, 2.24) is 0 Å². The van der Waals surface area contributed by atoms with Crippen LogP contribution in [0, 0.1) is 5.41 Å². The van der Waals surface area contributed by atoms with Gasteiger partial charge in [0.25, 0.3) is 0 Å². The Labute approximate surface area is 157 Å². The van der Waals surface area contributed by atoms with E-state index in [1.165, 1.54) is 0 Å². The van der Waals surface area contributed by atoms with E-state index in [2.05, 4.69) is 6.92 Å². The number of aliphatic hydroxyl groups is 1. The first-order valence-corrected chi connectivity index (χ1v) is 11.1. The van der Waals surface area contributed by atoms with Gasteiger partial charge < -0.3 is 5.11 Å². The molecule has 0 amide bonds. The van der Waals surface area contributed by atoms with Gasteiger partial charge in [0.1, 0.15) is 0 Å². The molecule has 3 nitrogen and oxygen atoms in total. The van der Waals surface area contributed by atoms with Crippen LogP contribution in [-0.4, -0.2) is 25.4 Å². The van der Waals surface area contributed by atoms with Gasteiger partial charge in [-0.1, -0.05) is 75.2 Å². The van der Waals surface area contributed by atoms with Crippen LogP contribution in [0.3, 0.4) is 0 Å². The Hall–Kier alpha value is -1.65. The maximum atomic E-state index is 13.2. The van der Waals surface area contributed by atoms with E-state index in [-0.39, 0.29) is 11.7 Å². The summed E-state index contributed by atoms with van der Waals surface area (Å²) >= 11 is 0. The van der Waals surface area contributed by atoms with Crippen molar-refractivity contribution in [2.75, 3.05) is 5.75 Å². The molecule has 0 fully saturated rings. The predicted molar refractivity (Wildman–Crippen MR) is 105 cm³/mol. The molecular formula is C22H28O3S. The highest BCUT2D eigenvalue weighted by molar-refractivity contribution is 7.91. The molecule has 2 aromatic carbocycles. The minimum Gasteiger partial charge on any atom is -0.392 e. The van der Waals surface area contributed by atoms with Crippen molar-refractivity contribution in [2.45, 2.75) is 56.4 Å². The molecule has 0 radical (unpaired) electrons. The summed E-state index contributed by atoms with van der Waals surface area (Å²) in [5.74, 6) is -0.320. The van der Waals surface area contributed by atoms with Crippen LogP contribution in [0.15, 0.2) is 59.5 Å². The average Bonchev–Trinajstić information content (AvgIpc) is 2.73. The Kier molecular flexibility index (Phi) is 5.54. The van der Waals surface area contributed by atoms with E-state index < -0.39 is 21.4 Å². The highest BCUT2D eigenvalue weighted by Gasteiger charge is 2.48. The minimum absolute atomic E-state index is 0.0119. The number of benzene rings is 2. The molecule has 0 aliphatic carbocycles. The van der Waals surface area contributed by atoms with Gasteiger partial charge in [-0.25, -0.2) is 8.42 Å². The number of aliphatic hydroxyl groups excluding tert-OH is 1. The summed E-state index contributed by atoms with van der Waals surface area (Å²) in [6.07, 6.45) is 2.53. The van der Waals surface area contributed by atoms with Crippen LogP contribution < -0.4 is 0 Å². The molecule has 1 aliphatic rings. The van der Waals surface area contributed by atoms with Crippen molar-refractivity contribution in [1.29, 1.82) is 0 Å². The topological polar surface area (TPSA) is 54.4 Å². The van der Waals surface area contributed by atoms with Crippen LogP contribution >= 0.6 is 0 Å². The zero-order chi connectivity index (χ0) is 18.8. The van der Waals surface area contributed by atoms with Gasteiger partial charge in [-0.2, -0.15) is 0 Å². The fourth-order valence-corrected chi connectivity index (χ4v) is 6.62. The molecule has 0 saturated heterocycles. The second-order valence-corrected chi connectivity index (χ2v) is 9.41. The van der Waals surface area contributed by atoms with Gasteiger partial charge in [0.2, 0.25) is 0 Å². The van der Waals surface area contributed by atoms with E-state index >= 15 is 0 Å². The predicted octanol–water partition coefficient (Wildman–Crippen LogP) is 4.55. The highest BCUT2D eigenvalue weighted by atomic mass is 32.2. The molecule has 4 heteroatoms. The molecule has 140 valence electrons. The van der Waals surface area contributed by atoms with Crippen molar-refractivity contribution < 1.29 is 13.5 Å². The lowest BCUT2D eigenvalue weighted by atomic mass is 9.69. The second kappa shape index (κ2) is 7.53. The molecule has 1 N–H and O–H groups in total. The summed E-state index contributed by atoms with van der Waals surface area (Å²) < 4.78 is 26.5. The van der Waals surface area contributed by atoms with Crippen molar-refractivity contribution in [2.24, 2.45) is 5.41 Å². The Balaban J connectivity index is 2.25. The molecular weight excluding hydrogens is 344 g/mol. The van der Waals surface area contributed by atoms with E-state index in [9.17, 15) is 13.5 Å². The zero-order valence-corrected chi connectivity index (χ0v) is 16.4. The van der Waals surface area contributed by atoms with E-state index in [1.54, 1.807) is 12.1 Å². The number of rotatable bonds is 5. The molecule has 1 heterocycles. The van der Waals surface area contributed by atoms with Crippen molar-refractivity contribution in [3.63, 3.8) is 0 Å². The number of fused-ring (bicyclic) bond motifs is 1. The summed E-state index contributed by atoms with van der Waals surface area (Å²) in [4.78, 5) is 0.375. The van der Waals surface area contributed by atoms with Gasteiger partial charge in [-0.3, -0.25) is 0 Å². The maximum Gasteiger partial charge on any atom is 0.179 e. The summed E-state index contributed by atoms with van der Waals surface area (Å²) in [5.41, 5.74) is 1.06. The molecule has 26 heavy (non-hydrogen) atoms. The Morgan fingerprint density at radius 2 is 1.69 bits per heavy atom. The van der Waals surface area contributed by atoms with Crippen LogP contribution in [0.4, 0.5) is 0 Å². The van der Waals surface area contributed by atoms with E-state index in [1.807, 2.05) is 49.4 Å². The molecule has 3 atom stereocenters. The smallest absolute Gasteiger partial charge is 0.179 e. The molecule has 0 saturated carbocycles. The second-order valence-electron chi connectivity index (χ2n) is 7.45. The molecule has 0 bridgehead atoms. The van der Waals surface area contributed by atoms with Crippen molar-refractivity contribution in [3.05, 3.63) is 65.7 Å². The molecule has 3 rings (SSSR count). The largest absolute Gasteiger partial charge is 0.392 e. The SMILES string of the molecule is CCCC[C@]1(CC)CS(=O)(=O)c2ccccc2[C@H](c2ccccc2)[C@@H]1O. The van der Waals surface area contributed by atoms with Gasteiger partial charge in [0.05, 0.1) is 16.8 Å². The number of sulfone groups is 1. The fraction of sp³-hybridized carbons (Fsp3) is 0.455. The van der Waals surface area contributed by atoms with Crippen LogP contribution in [0.2, 0.25) is 0 Å². The molecule has 0 spiro atoms. The lowest BCUT2D eigenvalue weighted by Crippen LogP contribution is -2.42. The van der Waals surface area contributed by atoms with E-state index in [0.29, 0.717) is 11.3 Å². The summed E-state index contributed by atoms with van der Waals surface area (Å²) in [7, 11) is -3.46. The lowest BCUT2D eigenvalue weighted by molar-refractivity contribution is 0.0174. The van der Waals surface area contributed by atoms with Crippen LogP contribution in [0.25, 0.3) is 0 Å². The van der Waals surface area contributed by atoms with Crippen molar-refractivity contribution in [3.8, 4) is 0 Å². The quantitative estimate of drug-likeness (QED) is 0.837. The normalized spacial score (nSPS) is 27.5. The third-order valence-corrected chi connectivity index (χ3v) is 7.90. The zero-order valence-electron chi connectivity index (χ0n) is 15.6. The fourth-order valence-electron chi connectivity index (χ4n) is 4.34. The Morgan fingerprint density at radius 3 is 2.35 bits per heavy atom. The van der Waals surface area contributed by atoms with E-state index in [0.717, 1.165) is 30.4 Å². The summed E-state index contributed by atoms with van der Waals surface area (Å²) in [6, 6.07) is 17.0. The monoisotopic (exact) mass is 372 g/mol. The van der Waals surface area contributed by atoms with Gasteiger partial charge in [0, 0.05) is 11.3 Å². The molecule has 2 aromatic rings. The number of hydrogen-bond donors (Lipinski definition) is 1. The molecule has 0 aromatic heterocycles. The summed E-state index contributed by atoms with van der Waals surface area (Å²) in [5, 5.41) is 11.6. The van der Waals surface area contributed by atoms with Gasteiger partial charge >= 0.3 is 0 Å². The first-order chi connectivity index (χ1) is 12.4. The van der Waals surface area contributed by atoms with Gasteiger partial charge in [-0.15, -0.1) is 0 Å². The van der Waals surface area contributed by atoms with E-state index in [4.69, 9.17) is 0 Å². The van der Waals surface area contributed by atoms with Crippen LogP contribution in [0.5, 0.6) is 0 Å².